The van der Waals surface area contributed by atoms with Crippen LogP contribution in [0, 0.1) is 0 Å². The van der Waals surface area contributed by atoms with Crippen molar-refractivity contribution in [2.45, 2.75) is 12.4 Å². The lowest BCUT2D eigenvalue weighted by Crippen LogP contribution is -2.33. The van der Waals surface area contributed by atoms with Gasteiger partial charge in [0, 0.05) is 0 Å². The summed E-state index contributed by atoms with van der Waals surface area (Å²) in [6.45, 7) is 0. The summed E-state index contributed by atoms with van der Waals surface area (Å²) in [6.07, 6.45) is -11.1. The second-order valence-corrected chi connectivity index (χ2v) is 9.52. The van der Waals surface area contributed by atoms with Crippen LogP contribution in [-0.4, -0.2) is 12.4 Å². The number of rotatable bonds is 4. The molecule has 3 aromatic rings. The molecule has 3 aromatic carbocycles. The summed E-state index contributed by atoms with van der Waals surface area (Å²) in [5.41, 5.74) is -2.49. The molecule has 0 aliphatic rings. The molecule has 0 saturated carbocycles. The Kier molecular flexibility index (Phi) is 5.85. The highest BCUT2D eigenvalue weighted by atomic mass is 31.2. The SMILES string of the molecule is FC(F)(F)C(=C[P+](c1ccccc1)(c1ccccc1)c1ccccc1)C(F)(F)F. The van der Waals surface area contributed by atoms with Gasteiger partial charge in [0.25, 0.3) is 0 Å². The van der Waals surface area contributed by atoms with Crippen LogP contribution < -0.4 is 15.9 Å². The Morgan fingerprint density at radius 2 is 0.793 bits per heavy atom. The predicted molar refractivity (Wildman–Crippen MR) is 105 cm³/mol. The molecule has 0 N–H and O–H groups in total. The van der Waals surface area contributed by atoms with Crippen LogP contribution >= 0.6 is 7.26 Å². The van der Waals surface area contributed by atoms with Gasteiger partial charge in [-0.3, -0.25) is 0 Å². The van der Waals surface area contributed by atoms with E-state index in [1.165, 1.54) is 0 Å². The second-order valence-electron chi connectivity index (χ2n) is 6.27. The maximum Gasteiger partial charge on any atom is 0.424 e. The van der Waals surface area contributed by atoms with Crippen molar-refractivity contribution in [3.8, 4) is 0 Å². The molecule has 0 saturated heterocycles. The maximum atomic E-state index is 13.5. The van der Waals surface area contributed by atoms with Gasteiger partial charge in [-0.25, -0.2) is 0 Å². The van der Waals surface area contributed by atoms with Crippen LogP contribution in [0.2, 0.25) is 0 Å². The third-order valence-corrected chi connectivity index (χ3v) is 8.41. The molecule has 0 heterocycles. The van der Waals surface area contributed by atoms with E-state index in [1.54, 1.807) is 91.0 Å². The summed E-state index contributed by atoms with van der Waals surface area (Å²) in [5, 5.41) is 1.22. The van der Waals surface area contributed by atoms with E-state index in [2.05, 4.69) is 0 Å². The van der Waals surface area contributed by atoms with E-state index in [1.807, 2.05) is 0 Å². The lowest BCUT2D eigenvalue weighted by Gasteiger charge is -2.26. The summed E-state index contributed by atoms with van der Waals surface area (Å²) >= 11 is 0. The topological polar surface area (TPSA) is 0 Å². The van der Waals surface area contributed by atoms with Gasteiger partial charge in [-0.2, -0.15) is 26.3 Å². The van der Waals surface area contributed by atoms with Gasteiger partial charge in [0.15, 0.2) is 5.57 Å². The quantitative estimate of drug-likeness (QED) is 0.356. The van der Waals surface area contributed by atoms with Crippen molar-refractivity contribution in [2.24, 2.45) is 0 Å². The van der Waals surface area contributed by atoms with Crippen LogP contribution in [0.25, 0.3) is 0 Å². The number of hydrogen-bond acceptors (Lipinski definition) is 0. The normalized spacial score (nSPS) is 12.5. The average Bonchev–Trinajstić information content (AvgIpc) is 2.69. The smallest absolute Gasteiger partial charge is 0.166 e. The van der Waals surface area contributed by atoms with Gasteiger partial charge >= 0.3 is 12.4 Å². The minimum absolute atomic E-state index is 0.406. The van der Waals surface area contributed by atoms with Crippen molar-refractivity contribution in [2.75, 3.05) is 0 Å². The lowest BCUT2D eigenvalue weighted by molar-refractivity contribution is -0.171. The van der Waals surface area contributed by atoms with Crippen LogP contribution in [0.15, 0.2) is 102 Å². The third kappa shape index (κ3) is 4.38. The van der Waals surface area contributed by atoms with Crippen molar-refractivity contribution >= 4 is 23.2 Å². The summed E-state index contributed by atoms with van der Waals surface area (Å²) in [5.74, 6) is 0.410. The van der Waals surface area contributed by atoms with E-state index in [0.29, 0.717) is 21.7 Å². The van der Waals surface area contributed by atoms with Crippen molar-refractivity contribution in [3.05, 3.63) is 102 Å². The van der Waals surface area contributed by atoms with Gasteiger partial charge < -0.3 is 0 Å². The highest BCUT2D eigenvalue weighted by Gasteiger charge is 2.56. The Bertz CT molecular complexity index is 848. The Balaban J connectivity index is 2.48. The van der Waals surface area contributed by atoms with Crippen molar-refractivity contribution in [3.63, 3.8) is 0 Å². The molecule has 0 nitrogen and oxygen atoms in total. The van der Waals surface area contributed by atoms with Crippen LogP contribution in [0.1, 0.15) is 0 Å². The third-order valence-electron chi connectivity index (χ3n) is 4.42. The number of allylic oxidation sites excluding steroid dienone is 1. The standard InChI is InChI=1S/C22H16F6P/c23-21(24,25)20(22(26,27)28)16-29(17-10-4-1-5-11-17,18-12-6-2-7-13-18)19-14-8-3-9-15-19/h1-16H/q+1. The molecule has 0 aliphatic heterocycles. The van der Waals surface area contributed by atoms with E-state index >= 15 is 0 Å². The molecule has 0 spiro atoms. The molecule has 29 heavy (non-hydrogen) atoms. The van der Waals surface area contributed by atoms with Gasteiger partial charge in [-0.05, 0) is 36.4 Å². The maximum absolute atomic E-state index is 13.5. The number of halogens is 6. The summed E-state index contributed by atoms with van der Waals surface area (Å²) in [4.78, 5) is 0. The first-order chi connectivity index (χ1) is 13.7. The first-order valence-electron chi connectivity index (χ1n) is 8.58. The zero-order valence-corrected chi connectivity index (χ0v) is 15.8. The molecule has 0 aromatic heterocycles. The molecule has 3 rings (SSSR count). The molecular formula is C22H16F6P+. The highest BCUT2D eigenvalue weighted by Crippen LogP contribution is 2.60. The van der Waals surface area contributed by atoms with Gasteiger partial charge in [0.2, 0.25) is 0 Å². The first kappa shape index (κ1) is 21.1. The molecule has 0 aliphatic carbocycles. The van der Waals surface area contributed by atoms with Gasteiger partial charge in [-0.15, -0.1) is 0 Å². The fraction of sp³-hybridized carbons (Fsp3) is 0.0909. The van der Waals surface area contributed by atoms with E-state index < -0.39 is 25.2 Å². The van der Waals surface area contributed by atoms with Crippen LogP contribution in [-0.2, 0) is 0 Å². The zero-order chi connectivity index (χ0) is 21.1. The van der Waals surface area contributed by atoms with Gasteiger partial charge in [-0.1, -0.05) is 54.6 Å². The molecular weight excluding hydrogens is 409 g/mol. The Hall–Kier alpha value is -2.59. The fourth-order valence-electron chi connectivity index (χ4n) is 3.16. The fourth-order valence-corrected chi connectivity index (χ4v) is 7.11. The second kappa shape index (κ2) is 8.03. The van der Waals surface area contributed by atoms with E-state index in [9.17, 15) is 26.3 Å². The average molecular weight is 425 g/mol. The number of alkyl halides is 6. The van der Waals surface area contributed by atoms with Gasteiger partial charge in [0.1, 0.15) is 23.2 Å². The van der Waals surface area contributed by atoms with E-state index in [-0.39, 0.29) is 0 Å². The Morgan fingerprint density at radius 3 is 1.03 bits per heavy atom. The number of hydrogen-bond donors (Lipinski definition) is 0. The summed E-state index contributed by atoms with van der Waals surface area (Å²) in [6, 6.07) is 24.2. The minimum atomic E-state index is -5.54. The summed E-state index contributed by atoms with van der Waals surface area (Å²) < 4.78 is 81.1. The predicted octanol–water partition coefficient (Wildman–Crippen LogP) is 5.99. The molecule has 150 valence electrons. The Morgan fingerprint density at radius 1 is 0.517 bits per heavy atom. The molecule has 0 radical (unpaired) electrons. The molecule has 0 unspecified atom stereocenters. The zero-order valence-electron chi connectivity index (χ0n) is 15.0. The number of benzene rings is 3. The monoisotopic (exact) mass is 425 g/mol. The molecule has 0 amide bonds. The molecule has 0 atom stereocenters. The van der Waals surface area contributed by atoms with E-state index in [4.69, 9.17) is 0 Å². The van der Waals surface area contributed by atoms with Crippen molar-refractivity contribution in [1.29, 1.82) is 0 Å². The van der Waals surface area contributed by atoms with Crippen molar-refractivity contribution < 1.29 is 26.3 Å². The molecule has 0 fully saturated rings. The minimum Gasteiger partial charge on any atom is -0.166 e. The Labute approximate surface area is 164 Å². The van der Waals surface area contributed by atoms with Gasteiger partial charge in [0.05, 0.1) is 5.82 Å². The van der Waals surface area contributed by atoms with Crippen LogP contribution in [0.5, 0.6) is 0 Å². The largest absolute Gasteiger partial charge is 0.424 e. The highest BCUT2D eigenvalue weighted by molar-refractivity contribution is 7.98. The van der Waals surface area contributed by atoms with Crippen LogP contribution in [0.4, 0.5) is 26.3 Å². The summed E-state index contributed by atoms with van der Waals surface area (Å²) in [7, 11) is -3.40. The first-order valence-corrected chi connectivity index (χ1v) is 10.4. The van der Waals surface area contributed by atoms with E-state index in [0.717, 1.165) is 0 Å². The molecule has 0 bridgehead atoms. The molecule has 7 heteroatoms. The lowest BCUT2D eigenvalue weighted by atomic mass is 10.3. The van der Waals surface area contributed by atoms with Crippen molar-refractivity contribution in [1.82, 2.24) is 0 Å². The van der Waals surface area contributed by atoms with Crippen LogP contribution in [0.3, 0.4) is 0 Å².